The Balaban J connectivity index is 0.000000810. The van der Waals surface area contributed by atoms with Gasteiger partial charge in [-0.1, -0.05) is 0 Å². The van der Waals surface area contributed by atoms with Gasteiger partial charge in [0, 0.05) is 0 Å². The van der Waals surface area contributed by atoms with Crippen molar-refractivity contribution in [2.45, 2.75) is 6.92 Å². The molecule has 0 fully saturated rings. The van der Waals surface area contributed by atoms with Crippen LogP contribution in [0.2, 0.25) is 0 Å². The number of halogens is 2. The van der Waals surface area contributed by atoms with Gasteiger partial charge in [0.2, 0.25) is 0 Å². The first kappa shape index (κ1) is 10.5. The molecule has 50 valence electrons. The predicted octanol–water partition coefficient (Wildman–Crippen LogP) is -1.69. The molecule has 0 N–H and O–H groups in total. The normalized spacial score (nSPS) is 8.80. The molecule has 1 rings (SSSR count). The quantitative estimate of drug-likeness (QED) is 0.396. The summed E-state index contributed by atoms with van der Waals surface area (Å²) in [7, 11) is 0. The van der Waals surface area contributed by atoms with E-state index in [1.165, 1.54) is 0 Å². The smallest absolute Gasteiger partial charge is 1.00 e. The maximum Gasteiger partial charge on any atom is -1.00 e. The van der Waals surface area contributed by atoms with Crippen LogP contribution >= 0.6 is 0 Å². The summed E-state index contributed by atoms with van der Waals surface area (Å²) in [6, 6.07) is 5.36. The second kappa shape index (κ2) is 4.40. The van der Waals surface area contributed by atoms with Gasteiger partial charge in [0.15, 0.2) is 0 Å². The molecule has 0 saturated heterocycles. The molecule has 0 unspecified atom stereocenters. The molecular formula is C7H6FIZn. The van der Waals surface area contributed by atoms with Crippen LogP contribution in [0.1, 0.15) is 5.56 Å². The monoisotopic (exact) mass is 300 g/mol. The summed E-state index contributed by atoms with van der Waals surface area (Å²) in [6.07, 6.45) is 0. The zero-order chi connectivity index (χ0) is 6.85. The predicted molar refractivity (Wildman–Crippen MR) is 30.8 cm³/mol. The summed E-state index contributed by atoms with van der Waals surface area (Å²) < 4.78 is 13.7. The van der Waals surface area contributed by atoms with Crippen LogP contribution in [0, 0.1) is 12.7 Å². The average molecular weight is 301 g/mol. The Bertz CT molecular complexity index is 225. The summed E-state index contributed by atoms with van der Waals surface area (Å²) >= 11 is 1.02. The Kier molecular flexibility index (Phi) is 4.62. The van der Waals surface area contributed by atoms with E-state index in [4.69, 9.17) is 0 Å². The third-order valence-corrected chi connectivity index (χ3v) is 2.16. The molecule has 0 saturated carbocycles. The van der Waals surface area contributed by atoms with E-state index in [0.29, 0.717) is 0 Å². The molecule has 0 aromatic heterocycles. The SMILES string of the molecule is Cc1cc[c]([Zn+])cc1F.[I-]. The van der Waals surface area contributed by atoms with Gasteiger partial charge < -0.3 is 24.0 Å². The zero-order valence-corrected chi connectivity index (χ0v) is 10.8. The van der Waals surface area contributed by atoms with Crippen LogP contribution in [-0.4, -0.2) is 0 Å². The minimum atomic E-state index is -0.0845. The van der Waals surface area contributed by atoms with Crippen LogP contribution in [0.4, 0.5) is 4.39 Å². The van der Waals surface area contributed by atoms with E-state index in [-0.39, 0.29) is 29.8 Å². The van der Waals surface area contributed by atoms with E-state index >= 15 is 0 Å². The molecule has 1 aromatic rings. The van der Waals surface area contributed by atoms with Gasteiger partial charge >= 0.3 is 63.4 Å². The topological polar surface area (TPSA) is 0 Å². The van der Waals surface area contributed by atoms with Gasteiger partial charge in [-0.3, -0.25) is 0 Å². The Labute approximate surface area is 86.9 Å². The molecule has 0 aliphatic rings. The van der Waals surface area contributed by atoms with Gasteiger partial charge in [-0.2, -0.15) is 0 Å². The number of rotatable bonds is 0. The standard InChI is InChI=1S/C7H6F.HI.Zn/c1-6-4-2-3-5-7(6)8;;/h2,4-5H,1H3;1H;/q;;+1/p-1. The molecule has 0 heterocycles. The van der Waals surface area contributed by atoms with Crippen molar-refractivity contribution >= 4 is 4.16 Å². The Hall–Kier alpha value is 0.503. The van der Waals surface area contributed by atoms with Gasteiger partial charge in [0.1, 0.15) is 0 Å². The van der Waals surface area contributed by atoms with Crippen LogP contribution in [0.3, 0.4) is 0 Å². The summed E-state index contributed by atoms with van der Waals surface area (Å²) in [5.74, 6) is -0.0845. The van der Waals surface area contributed by atoms with E-state index in [9.17, 15) is 4.39 Å². The van der Waals surface area contributed by atoms with Gasteiger partial charge in [0.05, 0.1) is 0 Å². The molecule has 0 atom stereocenters. The molecule has 0 radical (unpaired) electrons. The first-order valence-corrected chi connectivity index (χ1v) is 4.26. The average Bonchev–Trinajstić information content (AvgIpc) is 1.80. The van der Waals surface area contributed by atoms with Crippen molar-refractivity contribution in [1.29, 1.82) is 0 Å². The fraction of sp³-hybridized carbons (Fsp3) is 0.143. The van der Waals surface area contributed by atoms with Crippen LogP contribution in [-0.2, 0) is 18.3 Å². The molecule has 3 heteroatoms. The molecule has 0 aliphatic heterocycles. The Morgan fingerprint density at radius 2 is 2.00 bits per heavy atom. The molecule has 0 aliphatic carbocycles. The maximum absolute atomic E-state index is 12.6. The van der Waals surface area contributed by atoms with Crippen molar-refractivity contribution in [2.75, 3.05) is 0 Å². The summed E-state index contributed by atoms with van der Waals surface area (Å²) in [6.45, 7) is 1.77. The second-order valence-corrected chi connectivity index (χ2v) is 3.80. The molecule has 0 amide bonds. The Morgan fingerprint density at radius 1 is 1.40 bits per heavy atom. The number of benzene rings is 1. The number of aryl methyl sites for hydroxylation is 1. The third-order valence-electron chi connectivity index (χ3n) is 1.24. The van der Waals surface area contributed by atoms with Gasteiger partial charge in [0.25, 0.3) is 0 Å². The summed E-state index contributed by atoms with van der Waals surface area (Å²) in [5, 5.41) is 0. The fourth-order valence-corrected chi connectivity index (χ4v) is 1.26. The molecular weight excluding hydrogens is 295 g/mol. The van der Waals surface area contributed by atoms with Crippen molar-refractivity contribution < 1.29 is 46.7 Å². The molecule has 0 spiro atoms. The van der Waals surface area contributed by atoms with Crippen LogP contribution in [0.15, 0.2) is 18.2 Å². The van der Waals surface area contributed by atoms with Crippen molar-refractivity contribution in [1.82, 2.24) is 0 Å². The minimum Gasteiger partial charge on any atom is -1.00 e. The maximum atomic E-state index is 12.6. The van der Waals surface area contributed by atoms with Crippen molar-refractivity contribution in [3.63, 3.8) is 0 Å². The molecule has 0 bridgehead atoms. The zero-order valence-electron chi connectivity index (χ0n) is 5.70. The second-order valence-electron chi connectivity index (χ2n) is 2.08. The molecule has 1 aromatic carbocycles. The third kappa shape index (κ3) is 2.63. The van der Waals surface area contributed by atoms with Gasteiger partial charge in [-0.15, -0.1) is 0 Å². The molecule has 10 heavy (non-hydrogen) atoms. The van der Waals surface area contributed by atoms with E-state index in [1.54, 1.807) is 13.0 Å². The fourth-order valence-electron chi connectivity index (χ4n) is 0.636. The largest absolute Gasteiger partial charge is 1.00 e. The minimum absolute atomic E-state index is 0. The first-order chi connectivity index (χ1) is 4.20. The summed E-state index contributed by atoms with van der Waals surface area (Å²) in [4.78, 5) is 0. The van der Waals surface area contributed by atoms with Crippen molar-refractivity contribution in [3.8, 4) is 0 Å². The molecule has 0 nitrogen and oxygen atoms in total. The van der Waals surface area contributed by atoms with Gasteiger partial charge in [-0.05, 0) is 0 Å². The van der Waals surface area contributed by atoms with E-state index in [2.05, 4.69) is 0 Å². The van der Waals surface area contributed by atoms with Crippen LogP contribution in [0.5, 0.6) is 0 Å². The Morgan fingerprint density at radius 3 is 2.40 bits per heavy atom. The van der Waals surface area contributed by atoms with Crippen LogP contribution in [0.25, 0.3) is 0 Å². The van der Waals surface area contributed by atoms with Crippen molar-refractivity contribution in [3.05, 3.63) is 29.6 Å². The number of hydrogen-bond donors (Lipinski definition) is 0. The first-order valence-electron chi connectivity index (χ1n) is 2.78. The summed E-state index contributed by atoms with van der Waals surface area (Å²) in [5.41, 5.74) is 0.729. The van der Waals surface area contributed by atoms with Crippen LogP contribution < -0.4 is 28.1 Å². The van der Waals surface area contributed by atoms with Gasteiger partial charge in [-0.25, -0.2) is 0 Å². The van der Waals surface area contributed by atoms with E-state index in [1.807, 2.05) is 12.1 Å². The van der Waals surface area contributed by atoms with E-state index < -0.39 is 0 Å². The van der Waals surface area contributed by atoms with Crippen molar-refractivity contribution in [2.24, 2.45) is 0 Å². The van der Waals surface area contributed by atoms with E-state index in [0.717, 1.165) is 28.0 Å². The number of hydrogen-bond acceptors (Lipinski definition) is 0.